The summed E-state index contributed by atoms with van der Waals surface area (Å²) < 4.78 is 20.1. The molecule has 2 aromatic carbocycles. The summed E-state index contributed by atoms with van der Waals surface area (Å²) in [5.74, 6) is -1.95. The van der Waals surface area contributed by atoms with Crippen LogP contribution >= 0.6 is 22.9 Å². The van der Waals surface area contributed by atoms with E-state index in [2.05, 4.69) is 9.97 Å². The predicted octanol–water partition coefficient (Wildman–Crippen LogP) is 6.55. The number of aliphatic hydroxyl groups is 1. The molecule has 0 saturated carbocycles. The van der Waals surface area contributed by atoms with Crippen molar-refractivity contribution in [2.75, 3.05) is 12.0 Å². The maximum absolute atomic E-state index is 14.1. The number of anilines is 1. The first-order valence-electron chi connectivity index (χ1n) is 11.8. The monoisotopic (exact) mass is 551 g/mol. The highest BCUT2D eigenvalue weighted by Gasteiger charge is 2.49. The molecule has 7 nitrogen and oxygen atoms in total. The van der Waals surface area contributed by atoms with Crippen molar-refractivity contribution >= 4 is 55.7 Å². The van der Waals surface area contributed by atoms with Crippen LogP contribution in [0.2, 0.25) is 5.02 Å². The molecule has 1 saturated heterocycles. The van der Waals surface area contributed by atoms with E-state index in [1.54, 1.807) is 50.6 Å². The molecular weight excluding hydrogens is 529 g/mol. The summed E-state index contributed by atoms with van der Waals surface area (Å²) in [6.45, 7) is 5.78. The topological polar surface area (TPSA) is 92.6 Å². The Morgan fingerprint density at radius 2 is 1.97 bits per heavy atom. The number of nitrogens with zero attached hydrogens (tertiary/aromatic N) is 3. The van der Waals surface area contributed by atoms with E-state index in [9.17, 15) is 19.1 Å². The largest absolute Gasteiger partial charge is 0.507 e. The number of benzene rings is 2. The lowest BCUT2D eigenvalue weighted by Crippen LogP contribution is -2.29. The fourth-order valence-corrected chi connectivity index (χ4v) is 5.74. The second kappa shape index (κ2) is 9.81. The Labute approximate surface area is 227 Å². The summed E-state index contributed by atoms with van der Waals surface area (Å²) in [5.41, 5.74) is 2.55. The lowest BCUT2D eigenvalue weighted by molar-refractivity contribution is -0.132. The normalized spacial score (nSPS) is 17.1. The van der Waals surface area contributed by atoms with E-state index < -0.39 is 23.5 Å². The van der Waals surface area contributed by atoms with Gasteiger partial charge < -0.3 is 9.84 Å². The summed E-state index contributed by atoms with van der Waals surface area (Å²) in [4.78, 5) is 37.0. The number of hydrogen-bond donors (Lipinski definition) is 1. The van der Waals surface area contributed by atoms with Gasteiger partial charge in [-0.3, -0.25) is 19.5 Å². The van der Waals surface area contributed by atoms with Gasteiger partial charge in [0.25, 0.3) is 5.78 Å². The molecule has 1 fully saturated rings. The van der Waals surface area contributed by atoms with Crippen LogP contribution in [-0.2, 0) is 9.59 Å². The number of thiazole rings is 1. The van der Waals surface area contributed by atoms with Crippen LogP contribution in [0, 0.1) is 12.7 Å². The molecule has 1 unspecified atom stereocenters. The third-order valence-corrected chi connectivity index (χ3v) is 7.80. The minimum absolute atomic E-state index is 0.0704. The van der Waals surface area contributed by atoms with Gasteiger partial charge in [-0.1, -0.05) is 42.9 Å². The van der Waals surface area contributed by atoms with Gasteiger partial charge in [0, 0.05) is 11.8 Å². The van der Waals surface area contributed by atoms with Crippen LogP contribution in [0.4, 0.5) is 9.52 Å². The predicted molar refractivity (Wildman–Crippen MR) is 145 cm³/mol. The Balaban J connectivity index is 1.75. The summed E-state index contributed by atoms with van der Waals surface area (Å²) in [7, 11) is 1.57. The number of aryl methyl sites for hydroxylation is 1. The maximum Gasteiger partial charge on any atom is 0.301 e. The number of aromatic nitrogens is 2. The molecule has 1 aliphatic rings. The highest BCUT2D eigenvalue weighted by molar-refractivity contribution is 7.22. The van der Waals surface area contributed by atoms with Crippen LogP contribution in [0.3, 0.4) is 0 Å². The molecule has 0 radical (unpaired) electrons. The van der Waals surface area contributed by atoms with Crippen molar-refractivity contribution in [3.8, 4) is 5.75 Å². The number of carbonyl (C=O) groups is 2. The molecule has 1 amide bonds. The summed E-state index contributed by atoms with van der Waals surface area (Å²) in [6.07, 6.45) is 1.54. The van der Waals surface area contributed by atoms with Crippen molar-refractivity contribution in [3.05, 3.63) is 87.5 Å². The molecule has 194 valence electrons. The molecule has 3 heterocycles. The minimum atomic E-state index is -1.05. The Kier molecular flexibility index (Phi) is 6.66. The molecule has 1 aliphatic heterocycles. The maximum atomic E-state index is 14.1. The number of pyridine rings is 1. The fourth-order valence-electron chi connectivity index (χ4n) is 4.59. The van der Waals surface area contributed by atoms with E-state index in [0.717, 1.165) is 16.9 Å². The molecule has 4 aromatic rings. The van der Waals surface area contributed by atoms with Crippen LogP contribution in [0.1, 0.15) is 48.2 Å². The molecule has 5 rings (SSSR count). The molecular formula is C28H23ClFN3O4S. The number of ether oxygens (including phenoxy) is 1. The van der Waals surface area contributed by atoms with Crippen LogP contribution in [-0.4, -0.2) is 33.9 Å². The smallest absolute Gasteiger partial charge is 0.301 e. The number of fused-ring (bicyclic) bond motifs is 1. The van der Waals surface area contributed by atoms with Gasteiger partial charge in [-0.25, -0.2) is 9.37 Å². The molecule has 1 N–H and O–H groups in total. The average Bonchev–Trinajstić information content (AvgIpc) is 3.41. The molecule has 10 heteroatoms. The summed E-state index contributed by atoms with van der Waals surface area (Å²) in [5, 5.41) is 11.7. The number of Topliss-reactive ketones (excluding diaryl/α,β-unsaturated/α-hetero) is 1. The molecule has 38 heavy (non-hydrogen) atoms. The number of aliphatic hydroxyl groups excluding tert-OH is 1. The second-order valence-electron chi connectivity index (χ2n) is 9.22. The van der Waals surface area contributed by atoms with Crippen LogP contribution in [0.5, 0.6) is 5.75 Å². The van der Waals surface area contributed by atoms with Gasteiger partial charge >= 0.3 is 5.91 Å². The number of hydrogen-bond acceptors (Lipinski definition) is 7. The standard InChI is InChI=1S/C28H23ClFN3O4S/c1-13(2)15-10-16(14(3)9-21(15)37-4)25(34)23-24(19-7-5-6-8-31-19)33(27(36)26(23)35)28-32-20-11-17(29)18(30)12-22(20)38-28/h5-13,24,34H,1-4H3/b25-23+. The van der Waals surface area contributed by atoms with E-state index in [-0.39, 0.29) is 27.4 Å². The molecule has 0 spiro atoms. The number of carbonyl (C=O) groups excluding carboxylic acids is 2. The van der Waals surface area contributed by atoms with Gasteiger partial charge in [0.2, 0.25) is 0 Å². The molecule has 0 aliphatic carbocycles. The molecule has 2 aromatic heterocycles. The highest BCUT2D eigenvalue weighted by Crippen LogP contribution is 2.45. The first kappa shape index (κ1) is 25.8. The Bertz CT molecular complexity index is 1600. The van der Waals surface area contributed by atoms with Gasteiger partial charge in [-0.2, -0.15) is 0 Å². The minimum Gasteiger partial charge on any atom is -0.507 e. The highest BCUT2D eigenvalue weighted by atomic mass is 35.5. The summed E-state index contributed by atoms with van der Waals surface area (Å²) >= 11 is 6.97. The average molecular weight is 552 g/mol. The zero-order valence-electron chi connectivity index (χ0n) is 21.0. The van der Waals surface area contributed by atoms with Crippen LogP contribution < -0.4 is 9.64 Å². The van der Waals surface area contributed by atoms with Gasteiger partial charge in [-0.05, 0) is 60.4 Å². The third kappa shape index (κ3) is 4.21. The van der Waals surface area contributed by atoms with Crippen molar-refractivity contribution < 1.29 is 23.8 Å². The van der Waals surface area contributed by atoms with E-state index in [1.165, 1.54) is 17.0 Å². The molecule has 1 atom stereocenters. The van der Waals surface area contributed by atoms with E-state index in [1.807, 2.05) is 13.8 Å². The zero-order chi connectivity index (χ0) is 27.3. The Morgan fingerprint density at radius 1 is 1.21 bits per heavy atom. The van der Waals surface area contributed by atoms with Gasteiger partial charge in [-0.15, -0.1) is 0 Å². The first-order valence-corrected chi connectivity index (χ1v) is 13.0. The van der Waals surface area contributed by atoms with Gasteiger partial charge in [0.05, 0.1) is 33.6 Å². The second-order valence-corrected chi connectivity index (χ2v) is 10.6. The SMILES string of the molecule is COc1cc(C)c(/C(O)=C2\C(=O)C(=O)N(c3nc4cc(Cl)c(F)cc4s3)C2c2ccccn2)cc1C(C)C. The molecule has 0 bridgehead atoms. The third-order valence-electron chi connectivity index (χ3n) is 6.49. The number of amides is 1. The zero-order valence-corrected chi connectivity index (χ0v) is 22.5. The number of ketones is 1. The number of methoxy groups -OCH3 is 1. The van der Waals surface area contributed by atoms with Crippen molar-refractivity contribution in [1.82, 2.24) is 9.97 Å². The van der Waals surface area contributed by atoms with Crippen molar-refractivity contribution in [2.45, 2.75) is 32.7 Å². The van der Waals surface area contributed by atoms with Gasteiger partial charge in [0.1, 0.15) is 23.4 Å². The van der Waals surface area contributed by atoms with Crippen molar-refractivity contribution in [3.63, 3.8) is 0 Å². The van der Waals surface area contributed by atoms with E-state index in [4.69, 9.17) is 16.3 Å². The summed E-state index contributed by atoms with van der Waals surface area (Å²) in [6, 6.07) is 10.2. The Morgan fingerprint density at radius 3 is 2.63 bits per heavy atom. The van der Waals surface area contributed by atoms with Crippen LogP contribution in [0.15, 0.2) is 54.2 Å². The van der Waals surface area contributed by atoms with Crippen molar-refractivity contribution in [2.24, 2.45) is 0 Å². The van der Waals surface area contributed by atoms with E-state index >= 15 is 0 Å². The van der Waals surface area contributed by atoms with E-state index in [0.29, 0.717) is 32.8 Å². The lowest BCUT2D eigenvalue weighted by atomic mass is 9.92. The number of halogens is 2. The number of rotatable bonds is 5. The van der Waals surface area contributed by atoms with Crippen molar-refractivity contribution in [1.29, 1.82) is 0 Å². The lowest BCUT2D eigenvalue weighted by Gasteiger charge is -2.22. The van der Waals surface area contributed by atoms with Gasteiger partial charge in [0.15, 0.2) is 5.13 Å². The Hall–Kier alpha value is -3.82. The first-order chi connectivity index (χ1) is 18.1. The van der Waals surface area contributed by atoms with Crippen LogP contribution in [0.25, 0.3) is 16.0 Å². The fraction of sp³-hybridized carbons (Fsp3) is 0.214. The quantitative estimate of drug-likeness (QED) is 0.172.